The Kier molecular flexibility index (Phi) is 1.80. The van der Waals surface area contributed by atoms with E-state index < -0.39 is 0 Å². The van der Waals surface area contributed by atoms with E-state index in [2.05, 4.69) is 10.3 Å². The van der Waals surface area contributed by atoms with Gasteiger partial charge >= 0.3 is 0 Å². The molecular weight excluding hydrogens is 178 g/mol. The number of nitrogen functional groups attached to an aromatic ring is 1. The molecule has 0 aliphatic carbocycles. The molecule has 5 heteroatoms. The summed E-state index contributed by atoms with van der Waals surface area (Å²) in [5, 5.41) is 7.95. The van der Waals surface area contributed by atoms with Crippen molar-refractivity contribution >= 4 is 22.4 Å². The van der Waals surface area contributed by atoms with Gasteiger partial charge in [0, 0.05) is 21.1 Å². The monoisotopic (exact) mass is 191 g/mol. The smallest absolute Gasteiger partial charge is 0.138 e. The van der Waals surface area contributed by atoms with Gasteiger partial charge < -0.3 is 10.6 Å². The number of anilines is 2. The molecular formula is C9H13N5. The van der Waals surface area contributed by atoms with Gasteiger partial charge in [0.1, 0.15) is 5.52 Å². The van der Waals surface area contributed by atoms with Crippen LogP contribution < -0.4 is 10.6 Å². The molecule has 0 atom stereocenters. The molecule has 0 aliphatic heterocycles. The predicted molar refractivity (Wildman–Crippen MR) is 57.2 cm³/mol. The lowest BCUT2D eigenvalue weighted by molar-refractivity contribution is 0.736. The zero-order valence-electron chi connectivity index (χ0n) is 8.52. The quantitative estimate of drug-likeness (QED) is 0.671. The van der Waals surface area contributed by atoms with E-state index in [9.17, 15) is 0 Å². The minimum atomic E-state index is 0.681. The van der Waals surface area contributed by atoms with Gasteiger partial charge in [0.25, 0.3) is 0 Å². The zero-order chi connectivity index (χ0) is 10.3. The highest BCUT2D eigenvalue weighted by atomic mass is 15.4. The van der Waals surface area contributed by atoms with Gasteiger partial charge in [-0.25, -0.2) is 4.68 Å². The third kappa shape index (κ3) is 1.09. The molecule has 2 aromatic rings. The SMILES string of the molecule is CN(C)c1ccc2c(nnn2C)c1N. The number of aromatic nitrogens is 3. The number of nitrogens with zero attached hydrogens (tertiary/aromatic N) is 4. The minimum absolute atomic E-state index is 0.681. The van der Waals surface area contributed by atoms with Crippen LogP contribution >= 0.6 is 0 Å². The largest absolute Gasteiger partial charge is 0.395 e. The van der Waals surface area contributed by atoms with Crippen LogP contribution in [-0.4, -0.2) is 29.1 Å². The molecule has 1 aromatic heterocycles. The van der Waals surface area contributed by atoms with Crippen LogP contribution in [0.2, 0.25) is 0 Å². The maximum Gasteiger partial charge on any atom is 0.138 e. The fraction of sp³-hybridized carbons (Fsp3) is 0.333. The number of hydrogen-bond donors (Lipinski definition) is 1. The fourth-order valence-electron chi connectivity index (χ4n) is 1.50. The van der Waals surface area contributed by atoms with Crippen molar-refractivity contribution in [3.8, 4) is 0 Å². The van der Waals surface area contributed by atoms with Crippen molar-refractivity contribution in [1.29, 1.82) is 0 Å². The molecule has 0 fully saturated rings. The number of nitrogens with two attached hydrogens (primary N) is 1. The Bertz CT molecular complexity index is 471. The van der Waals surface area contributed by atoms with E-state index in [1.54, 1.807) is 4.68 Å². The second-order valence-corrected chi connectivity index (χ2v) is 3.47. The average Bonchev–Trinajstić information content (AvgIpc) is 2.49. The van der Waals surface area contributed by atoms with Crippen molar-refractivity contribution < 1.29 is 0 Å². The van der Waals surface area contributed by atoms with Crippen LogP contribution in [0, 0.1) is 0 Å². The highest BCUT2D eigenvalue weighted by Crippen LogP contribution is 2.28. The van der Waals surface area contributed by atoms with Crippen molar-refractivity contribution in [2.45, 2.75) is 0 Å². The lowest BCUT2D eigenvalue weighted by atomic mass is 10.2. The van der Waals surface area contributed by atoms with Gasteiger partial charge in [-0.2, -0.15) is 0 Å². The number of benzene rings is 1. The molecule has 14 heavy (non-hydrogen) atoms. The molecule has 2 rings (SSSR count). The second kappa shape index (κ2) is 2.87. The van der Waals surface area contributed by atoms with E-state index in [0.29, 0.717) is 5.69 Å². The lowest BCUT2D eigenvalue weighted by Crippen LogP contribution is -2.11. The third-order valence-electron chi connectivity index (χ3n) is 2.28. The topological polar surface area (TPSA) is 60.0 Å². The molecule has 74 valence electrons. The van der Waals surface area contributed by atoms with Crippen molar-refractivity contribution in [2.24, 2.45) is 7.05 Å². The molecule has 0 unspecified atom stereocenters. The van der Waals surface area contributed by atoms with E-state index in [-0.39, 0.29) is 0 Å². The summed E-state index contributed by atoms with van der Waals surface area (Å²) in [6, 6.07) is 3.95. The molecule has 1 heterocycles. The van der Waals surface area contributed by atoms with Crippen LogP contribution in [0.5, 0.6) is 0 Å². The van der Waals surface area contributed by atoms with Gasteiger partial charge in [0.15, 0.2) is 0 Å². The first kappa shape index (κ1) is 8.80. The average molecular weight is 191 g/mol. The Hall–Kier alpha value is -1.78. The normalized spacial score (nSPS) is 10.8. The first-order valence-electron chi connectivity index (χ1n) is 4.36. The van der Waals surface area contributed by atoms with Crippen LogP contribution in [-0.2, 0) is 7.05 Å². The summed E-state index contributed by atoms with van der Waals surface area (Å²) < 4.78 is 1.71. The van der Waals surface area contributed by atoms with Gasteiger partial charge in [-0.1, -0.05) is 5.21 Å². The van der Waals surface area contributed by atoms with Crippen molar-refractivity contribution in [2.75, 3.05) is 24.7 Å². The predicted octanol–water partition coefficient (Wildman–Crippen LogP) is 0.616. The summed E-state index contributed by atoms with van der Waals surface area (Å²) in [6.07, 6.45) is 0. The van der Waals surface area contributed by atoms with Crippen molar-refractivity contribution in [1.82, 2.24) is 15.0 Å². The van der Waals surface area contributed by atoms with Gasteiger partial charge in [-0.05, 0) is 12.1 Å². The lowest BCUT2D eigenvalue weighted by Gasteiger charge is -2.14. The van der Waals surface area contributed by atoms with Crippen LogP contribution in [0.3, 0.4) is 0 Å². The summed E-state index contributed by atoms with van der Waals surface area (Å²) in [4.78, 5) is 1.96. The second-order valence-electron chi connectivity index (χ2n) is 3.47. The number of fused-ring (bicyclic) bond motifs is 1. The van der Waals surface area contributed by atoms with E-state index in [4.69, 9.17) is 5.73 Å². The van der Waals surface area contributed by atoms with E-state index in [0.717, 1.165) is 16.7 Å². The number of rotatable bonds is 1. The van der Waals surface area contributed by atoms with Gasteiger partial charge in [-0.3, -0.25) is 0 Å². The van der Waals surface area contributed by atoms with Crippen LogP contribution in [0.1, 0.15) is 0 Å². The molecule has 2 N–H and O–H groups in total. The summed E-state index contributed by atoms with van der Waals surface area (Å²) in [5.41, 5.74) is 9.34. The summed E-state index contributed by atoms with van der Waals surface area (Å²) in [5.74, 6) is 0. The first-order valence-corrected chi connectivity index (χ1v) is 4.36. The molecule has 0 radical (unpaired) electrons. The van der Waals surface area contributed by atoms with E-state index >= 15 is 0 Å². The van der Waals surface area contributed by atoms with Crippen LogP contribution in [0.4, 0.5) is 11.4 Å². The minimum Gasteiger partial charge on any atom is -0.395 e. The molecule has 0 saturated heterocycles. The Morgan fingerprint density at radius 1 is 1.36 bits per heavy atom. The number of hydrogen-bond acceptors (Lipinski definition) is 4. The van der Waals surface area contributed by atoms with Crippen LogP contribution in [0.25, 0.3) is 11.0 Å². The van der Waals surface area contributed by atoms with Crippen molar-refractivity contribution in [3.05, 3.63) is 12.1 Å². The van der Waals surface area contributed by atoms with E-state index in [1.165, 1.54) is 0 Å². The first-order chi connectivity index (χ1) is 6.61. The summed E-state index contributed by atoms with van der Waals surface area (Å²) >= 11 is 0. The zero-order valence-corrected chi connectivity index (χ0v) is 8.52. The molecule has 0 spiro atoms. The van der Waals surface area contributed by atoms with Crippen molar-refractivity contribution in [3.63, 3.8) is 0 Å². The van der Waals surface area contributed by atoms with Crippen LogP contribution in [0.15, 0.2) is 12.1 Å². The molecule has 5 nitrogen and oxygen atoms in total. The molecule has 0 aliphatic rings. The highest BCUT2D eigenvalue weighted by Gasteiger charge is 2.09. The Labute approximate surface area is 82.1 Å². The molecule has 0 bridgehead atoms. The summed E-state index contributed by atoms with van der Waals surface area (Å²) in [7, 11) is 5.76. The maximum absolute atomic E-state index is 5.98. The maximum atomic E-state index is 5.98. The Morgan fingerprint density at radius 2 is 2.07 bits per heavy atom. The van der Waals surface area contributed by atoms with E-state index in [1.807, 2.05) is 38.2 Å². The number of aryl methyl sites for hydroxylation is 1. The van der Waals surface area contributed by atoms with Gasteiger partial charge in [0.05, 0.1) is 16.9 Å². The van der Waals surface area contributed by atoms with Gasteiger partial charge in [-0.15, -0.1) is 5.10 Å². The Balaban J connectivity index is 2.76. The molecule has 0 saturated carbocycles. The fourth-order valence-corrected chi connectivity index (χ4v) is 1.50. The summed E-state index contributed by atoms with van der Waals surface area (Å²) in [6.45, 7) is 0. The Morgan fingerprint density at radius 3 is 2.71 bits per heavy atom. The van der Waals surface area contributed by atoms with Gasteiger partial charge in [0.2, 0.25) is 0 Å². The third-order valence-corrected chi connectivity index (χ3v) is 2.28. The molecule has 0 amide bonds. The molecule has 1 aromatic carbocycles. The standard InChI is InChI=1S/C9H13N5/c1-13(2)6-4-5-7-9(8(6)10)11-12-14(7)3/h4-5H,10H2,1-3H3. The highest BCUT2D eigenvalue weighted by molar-refractivity contribution is 5.94.